The second kappa shape index (κ2) is 3.74. The van der Waals surface area contributed by atoms with Crippen LogP contribution in [0.5, 0.6) is 0 Å². The molecule has 1 rings (SSSR count). The monoisotopic (exact) mass is 168 g/mol. The van der Waals surface area contributed by atoms with E-state index in [9.17, 15) is 4.79 Å². The maximum Gasteiger partial charge on any atom is 0.306 e. The first-order valence-corrected chi connectivity index (χ1v) is 4.53. The minimum atomic E-state index is -0.692. The Morgan fingerprint density at radius 3 is 2.83 bits per heavy atom. The molecule has 1 aliphatic rings. The summed E-state index contributed by atoms with van der Waals surface area (Å²) in [6, 6.07) is 0. The summed E-state index contributed by atoms with van der Waals surface area (Å²) >= 11 is 0. The van der Waals surface area contributed by atoms with E-state index in [1.54, 1.807) is 6.92 Å². The number of hydrogen-bond acceptors (Lipinski definition) is 1. The molecule has 0 spiro atoms. The Balaban J connectivity index is 2.59. The minimum absolute atomic E-state index is 0.219. The lowest BCUT2D eigenvalue weighted by molar-refractivity contribution is -0.142. The summed E-state index contributed by atoms with van der Waals surface area (Å²) in [5, 5.41) is 8.81. The fourth-order valence-corrected chi connectivity index (χ4v) is 1.88. The van der Waals surface area contributed by atoms with Crippen molar-refractivity contribution in [2.45, 2.75) is 32.6 Å². The zero-order valence-electron chi connectivity index (χ0n) is 7.55. The van der Waals surface area contributed by atoms with Crippen molar-refractivity contribution in [2.24, 2.45) is 11.8 Å². The smallest absolute Gasteiger partial charge is 0.306 e. The standard InChI is InChI=1S/C10H16O2/c1-7-5-3-4-6-9(7)8(2)10(11)12/h8-9H,1,3-6H2,2H3,(H,11,12)/t8?,9-/m0/s1. The van der Waals surface area contributed by atoms with E-state index in [4.69, 9.17) is 5.11 Å². The van der Waals surface area contributed by atoms with Crippen LogP contribution in [-0.4, -0.2) is 11.1 Å². The molecule has 2 nitrogen and oxygen atoms in total. The Hall–Kier alpha value is -0.790. The first-order chi connectivity index (χ1) is 5.63. The quantitative estimate of drug-likeness (QED) is 0.643. The molecule has 12 heavy (non-hydrogen) atoms. The van der Waals surface area contributed by atoms with Crippen LogP contribution in [0.4, 0.5) is 0 Å². The second-order valence-corrected chi connectivity index (χ2v) is 3.64. The van der Waals surface area contributed by atoms with Crippen LogP contribution in [0.15, 0.2) is 12.2 Å². The van der Waals surface area contributed by atoms with Gasteiger partial charge in [0.1, 0.15) is 0 Å². The van der Waals surface area contributed by atoms with Gasteiger partial charge in [0.15, 0.2) is 0 Å². The van der Waals surface area contributed by atoms with Gasteiger partial charge in [-0.1, -0.05) is 25.5 Å². The molecule has 0 aromatic rings. The number of carboxylic acids is 1. The molecule has 68 valence electrons. The Morgan fingerprint density at radius 1 is 1.67 bits per heavy atom. The van der Waals surface area contributed by atoms with E-state index < -0.39 is 5.97 Å². The molecule has 0 bridgehead atoms. The van der Waals surface area contributed by atoms with Crippen molar-refractivity contribution in [3.05, 3.63) is 12.2 Å². The van der Waals surface area contributed by atoms with Crippen molar-refractivity contribution in [3.8, 4) is 0 Å². The van der Waals surface area contributed by atoms with Crippen molar-refractivity contribution < 1.29 is 9.90 Å². The van der Waals surface area contributed by atoms with E-state index in [0.717, 1.165) is 24.8 Å². The maximum atomic E-state index is 10.7. The van der Waals surface area contributed by atoms with E-state index in [2.05, 4.69) is 6.58 Å². The number of allylic oxidation sites excluding steroid dienone is 1. The molecule has 1 unspecified atom stereocenters. The van der Waals surface area contributed by atoms with Gasteiger partial charge in [0.2, 0.25) is 0 Å². The molecule has 0 saturated heterocycles. The largest absolute Gasteiger partial charge is 0.481 e. The van der Waals surface area contributed by atoms with Crippen LogP contribution in [0, 0.1) is 11.8 Å². The van der Waals surface area contributed by atoms with Gasteiger partial charge in [0.05, 0.1) is 5.92 Å². The highest BCUT2D eigenvalue weighted by Crippen LogP contribution is 2.33. The van der Waals surface area contributed by atoms with E-state index in [0.29, 0.717) is 0 Å². The fraction of sp³-hybridized carbons (Fsp3) is 0.700. The summed E-state index contributed by atoms with van der Waals surface area (Å²) in [5.41, 5.74) is 1.14. The normalized spacial score (nSPS) is 26.8. The molecule has 1 fully saturated rings. The Kier molecular flexibility index (Phi) is 2.90. The van der Waals surface area contributed by atoms with Crippen LogP contribution in [0.1, 0.15) is 32.6 Å². The molecular weight excluding hydrogens is 152 g/mol. The topological polar surface area (TPSA) is 37.3 Å². The van der Waals surface area contributed by atoms with Crippen LogP contribution in [0.2, 0.25) is 0 Å². The molecule has 1 saturated carbocycles. The summed E-state index contributed by atoms with van der Waals surface area (Å²) in [6.07, 6.45) is 4.36. The lowest BCUT2D eigenvalue weighted by atomic mass is 9.78. The summed E-state index contributed by atoms with van der Waals surface area (Å²) in [5.74, 6) is -0.725. The SMILES string of the molecule is C=C1CCCC[C@@H]1C(C)C(=O)O. The van der Waals surface area contributed by atoms with Crippen LogP contribution < -0.4 is 0 Å². The summed E-state index contributed by atoms with van der Waals surface area (Å²) in [6.45, 7) is 5.72. The van der Waals surface area contributed by atoms with Gasteiger partial charge in [-0.05, 0) is 25.2 Å². The highest BCUT2D eigenvalue weighted by atomic mass is 16.4. The van der Waals surface area contributed by atoms with Gasteiger partial charge in [-0.3, -0.25) is 4.79 Å². The Labute approximate surface area is 73.3 Å². The molecule has 0 amide bonds. The lowest BCUT2D eigenvalue weighted by Gasteiger charge is -2.27. The minimum Gasteiger partial charge on any atom is -0.481 e. The zero-order valence-corrected chi connectivity index (χ0v) is 7.55. The third-order valence-electron chi connectivity index (χ3n) is 2.78. The predicted molar refractivity (Wildman–Crippen MR) is 47.9 cm³/mol. The molecule has 2 atom stereocenters. The number of rotatable bonds is 2. The molecule has 2 heteroatoms. The molecule has 0 aromatic heterocycles. The van der Waals surface area contributed by atoms with Gasteiger partial charge in [-0.25, -0.2) is 0 Å². The second-order valence-electron chi connectivity index (χ2n) is 3.64. The summed E-state index contributed by atoms with van der Waals surface area (Å²) in [4.78, 5) is 10.7. The van der Waals surface area contributed by atoms with Gasteiger partial charge in [0.25, 0.3) is 0 Å². The number of carbonyl (C=O) groups is 1. The first kappa shape index (κ1) is 9.30. The molecule has 1 aliphatic carbocycles. The highest BCUT2D eigenvalue weighted by Gasteiger charge is 2.27. The van der Waals surface area contributed by atoms with Gasteiger partial charge < -0.3 is 5.11 Å². The van der Waals surface area contributed by atoms with Crippen molar-refractivity contribution in [2.75, 3.05) is 0 Å². The van der Waals surface area contributed by atoms with Crippen LogP contribution in [0.25, 0.3) is 0 Å². The zero-order chi connectivity index (χ0) is 9.14. The van der Waals surface area contributed by atoms with Crippen LogP contribution in [-0.2, 0) is 4.79 Å². The van der Waals surface area contributed by atoms with E-state index in [-0.39, 0.29) is 11.8 Å². The molecule has 0 radical (unpaired) electrons. The van der Waals surface area contributed by atoms with E-state index in [1.807, 2.05) is 0 Å². The third-order valence-corrected chi connectivity index (χ3v) is 2.78. The third kappa shape index (κ3) is 1.87. The lowest BCUT2D eigenvalue weighted by Crippen LogP contribution is -2.24. The Morgan fingerprint density at radius 2 is 2.33 bits per heavy atom. The maximum absolute atomic E-state index is 10.7. The average molecular weight is 168 g/mol. The highest BCUT2D eigenvalue weighted by molar-refractivity contribution is 5.70. The Bertz CT molecular complexity index is 196. The summed E-state index contributed by atoms with van der Waals surface area (Å²) in [7, 11) is 0. The van der Waals surface area contributed by atoms with Gasteiger partial charge in [-0.2, -0.15) is 0 Å². The number of hydrogen-bond donors (Lipinski definition) is 1. The van der Waals surface area contributed by atoms with Crippen molar-refractivity contribution in [1.29, 1.82) is 0 Å². The molecule has 1 N–H and O–H groups in total. The van der Waals surface area contributed by atoms with Gasteiger partial charge >= 0.3 is 5.97 Å². The molecular formula is C10H16O2. The van der Waals surface area contributed by atoms with Crippen molar-refractivity contribution in [3.63, 3.8) is 0 Å². The van der Waals surface area contributed by atoms with Gasteiger partial charge in [0, 0.05) is 0 Å². The van der Waals surface area contributed by atoms with Crippen molar-refractivity contribution in [1.82, 2.24) is 0 Å². The fourth-order valence-electron chi connectivity index (χ4n) is 1.88. The number of carboxylic acid groups (broad SMARTS) is 1. The number of aliphatic carboxylic acids is 1. The molecule has 0 aromatic carbocycles. The first-order valence-electron chi connectivity index (χ1n) is 4.53. The van der Waals surface area contributed by atoms with Gasteiger partial charge in [-0.15, -0.1) is 0 Å². The van der Waals surface area contributed by atoms with E-state index in [1.165, 1.54) is 6.42 Å². The average Bonchev–Trinajstić information content (AvgIpc) is 2.04. The molecule has 0 heterocycles. The van der Waals surface area contributed by atoms with Crippen molar-refractivity contribution >= 4 is 5.97 Å². The summed E-state index contributed by atoms with van der Waals surface area (Å²) < 4.78 is 0. The molecule has 0 aliphatic heterocycles. The van der Waals surface area contributed by atoms with Crippen LogP contribution in [0.3, 0.4) is 0 Å². The van der Waals surface area contributed by atoms with Crippen LogP contribution >= 0.6 is 0 Å². The predicted octanol–water partition coefficient (Wildman–Crippen LogP) is 2.45. The van der Waals surface area contributed by atoms with E-state index >= 15 is 0 Å².